The fourth-order valence-electron chi connectivity index (χ4n) is 1.27. The van der Waals surface area contributed by atoms with E-state index >= 15 is 0 Å². The summed E-state index contributed by atoms with van der Waals surface area (Å²) in [4.78, 5) is 0. The van der Waals surface area contributed by atoms with Gasteiger partial charge < -0.3 is 0 Å². The Morgan fingerprint density at radius 2 is 2.12 bits per heavy atom. The molecule has 2 aromatic rings. The van der Waals surface area contributed by atoms with Crippen molar-refractivity contribution in [3.63, 3.8) is 0 Å². The monoisotopic (exact) mass is 307 g/mol. The first-order chi connectivity index (χ1) is 7.63. The quantitative estimate of drug-likeness (QED) is 0.798. The molecule has 0 fully saturated rings. The molecular weight excluding hydrogens is 303 g/mol. The summed E-state index contributed by atoms with van der Waals surface area (Å²) in [6.07, 6.45) is 1.42. The molecule has 2 rings (SSSR count). The van der Waals surface area contributed by atoms with Gasteiger partial charge in [0.15, 0.2) is 5.82 Å². The van der Waals surface area contributed by atoms with Gasteiger partial charge in [-0.1, -0.05) is 5.21 Å². The van der Waals surface area contributed by atoms with E-state index in [1.807, 2.05) is 0 Å². The Morgan fingerprint density at radius 3 is 2.75 bits per heavy atom. The van der Waals surface area contributed by atoms with Crippen molar-refractivity contribution < 1.29 is 8.78 Å². The highest BCUT2D eigenvalue weighted by molar-refractivity contribution is 9.10. The summed E-state index contributed by atoms with van der Waals surface area (Å²) < 4.78 is 28.0. The minimum atomic E-state index is -0.733. The summed E-state index contributed by atoms with van der Waals surface area (Å²) in [5.74, 6) is -1.26. The van der Waals surface area contributed by atoms with Crippen LogP contribution in [0.15, 0.2) is 22.8 Å². The molecule has 0 aliphatic heterocycles. The van der Waals surface area contributed by atoms with Crippen molar-refractivity contribution in [3.8, 4) is 5.69 Å². The molecule has 1 aromatic heterocycles. The Labute approximate surface area is 103 Å². The van der Waals surface area contributed by atoms with Crippen LogP contribution in [0.1, 0.15) is 5.69 Å². The maximum Gasteiger partial charge on any atom is 0.153 e. The van der Waals surface area contributed by atoms with Gasteiger partial charge in [0.25, 0.3) is 0 Å². The van der Waals surface area contributed by atoms with E-state index in [2.05, 4.69) is 26.2 Å². The second kappa shape index (κ2) is 4.47. The largest absolute Gasteiger partial charge is 0.212 e. The Bertz CT molecular complexity index is 506. The molecule has 0 bridgehead atoms. The minimum absolute atomic E-state index is 0.0922. The van der Waals surface area contributed by atoms with Crippen LogP contribution in [0.2, 0.25) is 0 Å². The minimum Gasteiger partial charge on any atom is -0.212 e. The van der Waals surface area contributed by atoms with Gasteiger partial charge in [-0.15, -0.1) is 16.7 Å². The van der Waals surface area contributed by atoms with Crippen LogP contribution in [0.3, 0.4) is 0 Å². The average Bonchev–Trinajstić information content (AvgIpc) is 2.64. The SMILES string of the molecule is Fc1cc(F)c(-n2nncc2CCl)c(Br)c1. The number of hydrogen-bond donors (Lipinski definition) is 0. The fourth-order valence-corrected chi connectivity index (χ4v) is 2.03. The first kappa shape index (κ1) is 11.5. The third-order valence-corrected chi connectivity index (χ3v) is 2.83. The van der Waals surface area contributed by atoms with Crippen LogP contribution in [0.4, 0.5) is 8.78 Å². The van der Waals surface area contributed by atoms with E-state index in [4.69, 9.17) is 11.6 Å². The molecule has 1 heterocycles. The van der Waals surface area contributed by atoms with Gasteiger partial charge in [0, 0.05) is 10.5 Å². The average molecular weight is 309 g/mol. The second-order valence-corrected chi connectivity index (χ2v) is 4.11. The third-order valence-electron chi connectivity index (χ3n) is 1.95. The number of alkyl halides is 1. The fraction of sp³-hybridized carbons (Fsp3) is 0.111. The molecule has 0 N–H and O–H groups in total. The highest BCUT2D eigenvalue weighted by atomic mass is 79.9. The lowest BCUT2D eigenvalue weighted by atomic mass is 10.3. The smallest absolute Gasteiger partial charge is 0.153 e. The van der Waals surface area contributed by atoms with Gasteiger partial charge in [-0.05, 0) is 22.0 Å². The van der Waals surface area contributed by atoms with Crippen molar-refractivity contribution in [2.45, 2.75) is 5.88 Å². The van der Waals surface area contributed by atoms with E-state index in [0.29, 0.717) is 5.69 Å². The molecule has 0 amide bonds. The molecule has 0 aliphatic carbocycles. The topological polar surface area (TPSA) is 30.7 Å². The number of rotatable bonds is 2. The van der Waals surface area contributed by atoms with E-state index in [0.717, 1.165) is 12.1 Å². The van der Waals surface area contributed by atoms with E-state index in [-0.39, 0.29) is 16.0 Å². The Kier molecular flexibility index (Phi) is 3.20. The van der Waals surface area contributed by atoms with Gasteiger partial charge in [-0.25, -0.2) is 13.5 Å². The Balaban J connectivity index is 2.64. The molecule has 0 spiro atoms. The van der Waals surface area contributed by atoms with Crippen molar-refractivity contribution in [1.82, 2.24) is 15.0 Å². The number of aromatic nitrogens is 3. The van der Waals surface area contributed by atoms with Crippen molar-refractivity contribution in [2.75, 3.05) is 0 Å². The molecule has 0 saturated heterocycles. The molecule has 1 aromatic carbocycles. The lowest BCUT2D eigenvalue weighted by molar-refractivity contribution is 0.568. The summed E-state index contributed by atoms with van der Waals surface area (Å²) in [5, 5.41) is 7.32. The second-order valence-electron chi connectivity index (χ2n) is 2.99. The third kappa shape index (κ3) is 1.94. The van der Waals surface area contributed by atoms with Gasteiger partial charge in [0.1, 0.15) is 11.5 Å². The zero-order chi connectivity index (χ0) is 11.7. The van der Waals surface area contributed by atoms with Crippen LogP contribution in [-0.2, 0) is 5.88 Å². The molecule has 0 atom stereocenters. The lowest BCUT2D eigenvalue weighted by Gasteiger charge is -2.07. The van der Waals surface area contributed by atoms with Gasteiger partial charge >= 0.3 is 0 Å². The van der Waals surface area contributed by atoms with Gasteiger partial charge in [-0.3, -0.25) is 0 Å². The molecule has 16 heavy (non-hydrogen) atoms. The summed E-state index contributed by atoms with van der Waals surface area (Å²) in [6.45, 7) is 0. The van der Waals surface area contributed by atoms with Gasteiger partial charge in [-0.2, -0.15) is 0 Å². The number of benzene rings is 1. The molecule has 0 aliphatic rings. The number of halogens is 4. The highest BCUT2D eigenvalue weighted by Crippen LogP contribution is 2.26. The van der Waals surface area contributed by atoms with E-state index in [1.165, 1.54) is 10.9 Å². The zero-order valence-corrected chi connectivity index (χ0v) is 10.1. The first-order valence-electron chi connectivity index (χ1n) is 4.24. The standard InChI is InChI=1S/C9H5BrClF2N3/c10-7-1-5(12)2-8(13)9(7)16-6(3-11)4-14-15-16/h1-2,4H,3H2. The Morgan fingerprint density at radius 1 is 1.38 bits per heavy atom. The number of hydrogen-bond acceptors (Lipinski definition) is 2. The van der Waals surface area contributed by atoms with Crippen LogP contribution in [0.25, 0.3) is 5.69 Å². The lowest BCUT2D eigenvalue weighted by Crippen LogP contribution is -2.05. The van der Waals surface area contributed by atoms with Crippen LogP contribution in [0, 0.1) is 11.6 Å². The van der Waals surface area contributed by atoms with E-state index in [1.54, 1.807) is 0 Å². The van der Waals surface area contributed by atoms with E-state index in [9.17, 15) is 8.78 Å². The maximum atomic E-state index is 13.6. The van der Waals surface area contributed by atoms with Gasteiger partial charge in [0.2, 0.25) is 0 Å². The summed E-state index contributed by atoms with van der Waals surface area (Å²) in [6, 6.07) is 1.93. The summed E-state index contributed by atoms with van der Waals surface area (Å²) >= 11 is 8.72. The summed E-state index contributed by atoms with van der Waals surface area (Å²) in [7, 11) is 0. The molecule has 0 unspecified atom stereocenters. The van der Waals surface area contributed by atoms with Crippen LogP contribution in [-0.4, -0.2) is 15.0 Å². The van der Waals surface area contributed by atoms with Crippen molar-refractivity contribution in [2.24, 2.45) is 0 Å². The Hall–Kier alpha value is -1.01. The summed E-state index contributed by atoms with van der Waals surface area (Å²) in [5.41, 5.74) is 0.613. The van der Waals surface area contributed by atoms with Crippen LogP contribution in [0.5, 0.6) is 0 Å². The van der Waals surface area contributed by atoms with Crippen molar-refractivity contribution in [3.05, 3.63) is 40.1 Å². The predicted molar refractivity (Wildman–Crippen MR) is 58.5 cm³/mol. The molecule has 7 heteroatoms. The predicted octanol–water partition coefficient (Wildman–Crippen LogP) is 3.05. The first-order valence-corrected chi connectivity index (χ1v) is 5.56. The highest BCUT2D eigenvalue weighted by Gasteiger charge is 2.15. The molecular formula is C9H5BrClF2N3. The molecule has 0 radical (unpaired) electrons. The van der Waals surface area contributed by atoms with Gasteiger partial charge in [0.05, 0.1) is 17.8 Å². The normalized spacial score (nSPS) is 10.8. The van der Waals surface area contributed by atoms with Crippen molar-refractivity contribution in [1.29, 1.82) is 0 Å². The van der Waals surface area contributed by atoms with E-state index < -0.39 is 11.6 Å². The molecule has 0 saturated carbocycles. The van der Waals surface area contributed by atoms with Crippen LogP contribution < -0.4 is 0 Å². The molecule has 84 valence electrons. The van der Waals surface area contributed by atoms with Crippen molar-refractivity contribution >= 4 is 27.5 Å². The van der Waals surface area contributed by atoms with Crippen LogP contribution >= 0.6 is 27.5 Å². The molecule has 3 nitrogen and oxygen atoms in total. The maximum absolute atomic E-state index is 13.6. The number of nitrogens with zero attached hydrogens (tertiary/aromatic N) is 3. The zero-order valence-electron chi connectivity index (χ0n) is 7.79.